The molecule has 18 heavy (non-hydrogen) atoms. The molecule has 1 N–H and O–H groups in total. The molecule has 0 unspecified atom stereocenters. The van der Waals surface area contributed by atoms with E-state index in [0.29, 0.717) is 0 Å². The van der Waals surface area contributed by atoms with Gasteiger partial charge in [0.25, 0.3) is 0 Å². The highest BCUT2D eigenvalue weighted by Gasteiger charge is 2.12. The van der Waals surface area contributed by atoms with Crippen LogP contribution in [0.25, 0.3) is 5.82 Å². The number of aromatic carboxylic acids is 1. The first kappa shape index (κ1) is 12.2. The summed E-state index contributed by atoms with van der Waals surface area (Å²) in [5, 5.41) is 19.8. The van der Waals surface area contributed by atoms with Crippen LogP contribution in [0.1, 0.15) is 10.4 Å². The maximum Gasteiger partial charge on any atom is 0.337 e. The molecule has 2 aromatic rings. The molecule has 0 atom stereocenters. The highest BCUT2D eigenvalue weighted by atomic mass is 32.2. The third-order valence-electron chi connectivity index (χ3n) is 2.11. The maximum atomic E-state index is 11.3. The lowest BCUT2D eigenvalue weighted by Crippen LogP contribution is -2.04. The van der Waals surface area contributed by atoms with Crippen LogP contribution in [0.5, 0.6) is 0 Å². The van der Waals surface area contributed by atoms with Crippen LogP contribution in [-0.4, -0.2) is 45.7 Å². The normalized spacial score (nSPS) is 11.4. The van der Waals surface area contributed by atoms with E-state index in [-0.39, 0.29) is 16.3 Å². The second kappa shape index (κ2) is 4.18. The fraction of sp³-hybridized carbons (Fsp3) is 0.111. The third kappa shape index (κ3) is 2.35. The average molecular weight is 268 g/mol. The van der Waals surface area contributed by atoms with Crippen LogP contribution in [0.4, 0.5) is 0 Å². The Morgan fingerprint density at radius 2 is 2.11 bits per heavy atom. The summed E-state index contributed by atoms with van der Waals surface area (Å²) in [7, 11) is -3.36. The average Bonchev–Trinajstić information content (AvgIpc) is 2.78. The molecular weight excluding hydrogens is 260 g/mol. The summed E-state index contributed by atoms with van der Waals surface area (Å²) in [5.41, 5.74) is -0.0589. The number of hydrogen-bond acceptors (Lipinski definition) is 6. The quantitative estimate of drug-likeness (QED) is 0.816. The number of nitrogens with zero attached hydrogens (tertiary/aromatic N) is 4. The molecule has 0 fully saturated rings. The van der Waals surface area contributed by atoms with Gasteiger partial charge in [-0.05, 0) is 0 Å². The Hall–Kier alpha value is -2.29. The smallest absolute Gasteiger partial charge is 0.337 e. The first-order chi connectivity index (χ1) is 8.38. The number of sulfone groups is 1. The van der Waals surface area contributed by atoms with Crippen LogP contribution in [0, 0.1) is 0 Å². The van der Waals surface area contributed by atoms with E-state index < -0.39 is 15.8 Å². The van der Waals surface area contributed by atoms with Crippen molar-refractivity contribution in [2.24, 2.45) is 0 Å². The largest absolute Gasteiger partial charge is 0.478 e. The minimum absolute atomic E-state index is 0.0185. The Morgan fingerprint density at radius 3 is 2.67 bits per heavy atom. The molecule has 94 valence electrons. The lowest BCUT2D eigenvalue weighted by Gasteiger charge is -1.99. The molecule has 9 heteroatoms. The van der Waals surface area contributed by atoms with Gasteiger partial charge in [0, 0.05) is 12.3 Å². The van der Waals surface area contributed by atoms with Gasteiger partial charge in [0.15, 0.2) is 15.7 Å². The van der Waals surface area contributed by atoms with Gasteiger partial charge in [-0.2, -0.15) is 10.2 Å². The highest BCUT2D eigenvalue weighted by molar-refractivity contribution is 7.90. The molecule has 0 aliphatic rings. The molecule has 0 bridgehead atoms. The summed E-state index contributed by atoms with van der Waals surface area (Å²) in [5.74, 6) is -1.02. The van der Waals surface area contributed by atoms with Gasteiger partial charge in [0.2, 0.25) is 0 Å². The van der Waals surface area contributed by atoms with Crippen LogP contribution < -0.4 is 0 Å². The van der Waals surface area contributed by atoms with Crippen LogP contribution in [0.15, 0.2) is 29.6 Å². The van der Waals surface area contributed by atoms with E-state index in [1.54, 1.807) is 0 Å². The van der Waals surface area contributed by atoms with Crippen molar-refractivity contribution in [2.75, 3.05) is 6.26 Å². The van der Waals surface area contributed by atoms with Crippen molar-refractivity contribution in [3.8, 4) is 5.82 Å². The number of rotatable bonds is 3. The molecule has 0 aromatic carbocycles. The second-order valence-corrected chi connectivity index (χ2v) is 5.52. The summed E-state index contributed by atoms with van der Waals surface area (Å²) >= 11 is 0. The van der Waals surface area contributed by atoms with E-state index in [0.717, 1.165) is 23.3 Å². The van der Waals surface area contributed by atoms with Crippen molar-refractivity contribution >= 4 is 15.8 Å². The zero-order valence-corrected chi connectivity index (χ0v) is 9.99. The molecule has 0 saturated heterocycles. The van der Waals surface area contributed by atoms with Crippen LogP contribution in [-0.2, 0) is 9.84 Å². The Bertz CT molecular complexity index is 707. The molecule has 0 aliphatic carbocycles. The minimum Gasteiger partial charge on any atom is -0.478 e. The Kier molecular flexibility index (Phi) is 2.83. The Labute approximate surface area is 102 Å². The maximum absolute atomic E-state index is 11.3. The molecule has 2 aromatic heterocycles. The fourth-order valence-corrected chi connectivity index (χ4v) is 1.74. The molecule has 0 amide bonds. The van der Waals surface area contributed by atoms with E-state index >= 15 is 0 Å². The van der Waals surface area contributed by atoms with E-state index in [9.17, 15) is 13.2 Å². The predicted octanol–water partition coefficient (Wildman–Crippen LogP) is -0.236. The summed E-state index contributed by atoms with van der Waals surface area (Å²) in [6, 6.07) is 1.24. The van der Waals surface area contributed by atoms with Crippen LogP contribution in [0.2, 0.25) is 0 Å². The molecule has 8 nitrogen and oxygen atoms in total. The Morgan fingerprint density at radius 1 is 1.39 bits per heavy atom. The van der Waals surface area contributed by atoms with Gasteiger partial charge in [-0.15, -0.1) is 5.10 Å². The zero-order valence-electron chi connectivity index (χ0n) is 9.18. The van der Waals surface area contributed by atoms with Crippen molar-refractivity contribution in [1.29, 1.82) is 0 Å². The van der Waals surface area contributed by atoms with Gasteiger partial charge in [0.1, 0.15) is 4.90 Å². The van der Waals surface area contributed by atoms with Crippen molar-refractivity contribution in [1.82, 2.24) is 20.0 Å². The van der Waals surface area contributed by atoms with Crippen molar-refractivity contribution in [2.45, 2.75) is 4.90 Å². The highest BCUT2D eigenvalue weighted by Crippen LogP contribution is 2.10. The molecule has 2 heterocycles. The predicted molar refractivity (Wildman–Crippen MR) is 59.2 cm³/mol. The lowest BCUT2D eigenvalue weighted by molar-refractivity contribution is 0.0696. The fourth-order valence-electron chi connectivity index (χ4n) is 1.21. The molecule has 0 radical (unpaired) electrons. The summed E-state index contributed by atoms with van der Waals surface area (Å²) in [6.45, 7) is 0. The summed E-state index contributed by atoms with van der Waals surface area (Å²) < 4.78 is 23.7. The number of carbonyl (C=O) groups is 1. The van der Waals surface area contributed by atoms with E-state index in [2.05, 4.69) is 15.3 Å². The third-order valence-corrected chi connectivity index (χ3v) is 3.18. The van der Waals surface area contributed by atoms with Gasteiger partial charge in [-0.1, -0.05) is 0 Å². The lowest BCUT2D eigenvalue weighted by atomic mass is 10.3. The molecule has 2 rings (SSSR count). The van der Waals surface area contributed by atoms with Crippen LogP contribution in [0.3, 0.4) is 0 Å². The number of aromatic nitrogens is 4. The molecule has 0 spiro atoms. The van der Waals surface area contributed by atoms with Gasteiger partial charge in [-0.3, -0.25) is 0 Å². The van der Waals surface area contributed by atoms with Crippen molar-refractivity contribution in [3.05, 3.63) is 30.2 Å². The SMILES string of the molecule is CS(=O)(=O)c1cnn(-c2cc(C(=O)O)cnn2)c1. The number of hydrogen-bond donors (Lipinski definition) is 1. The standard InChI is InChI=1S/C9H8N4O4S/c1-18(16,17)7-4-11-13(5-7)8-2-6(9(14)15)3-10-12-8/h2-5H,1H3,(H,14,15). The molecular formula is C9H8N4O4S. The first-order valence-electron chi connectivity index (χ1n) is 4.69. The monoisotopic (exact) mass is 268 g/mol. The van der Waals surface area contributed by atoms with Crippen LogP contribution >= 0.6 is 0 Å². The van der Waals surface area contributed by atoms with Crippen molar-refractivity contribution in [3.63, 3.8) is 0 Å². The topological polar surface area (TPSA) is 115 Å². The van der Waals surface area contributed by atoms with Crippen molar-refractivity contribution < 1.29 is 18.3 Å². The molecule has 0 saturated carbocycles. The zero-order chi connectivity index (χ0) is 13.3. The Balaban J connectivity index is 2.46. The van der Waals surface area contributed by atoms with E-state index in [1.165, 1.54) is 12.3 Å². The van der Waals surface area contributed by atoms with Gasteiger partial charge in [0.05, 0.1) is 24.2 Å². The first-order valence-corrected chi connectivity index (χ1v) is 6.58. The number of carboxylic acids is 1. The molecule has 0 aliphatic heterocycles. The summed E-state index contributed by atoms with van der Waals surface area (Å²) in [4.78, 5) is 10.8. The van der Waals surface area contributed by atoms with Gasteiger partial charge < -0.3 is 5.11 Å². The summed E-state index contributed by atoms with van der Waals surface area (Å²) in [6.07, 6.45) is 4.54. The minimum atomic E-state index is -3.36. The van der Waals surface area contributed by atoms with E-state index in [1.807, 2.05) is 0 Å². The van der Waals surface area contributed by atoms with Gasteiger partial charge >= 0.3 is 5.97 Å². The second-order valence-electron chi connectivity index (χ2n) is 3.50. The van der Waals surface area contributed by atoms with Gasteiger partial charge in [-0.25, -0.2) is 17.9 Å². The van der Waals surface area contributed by atoms with E-state index in [4.69, 9.17) is 5.11 Å². The number of carboxylic acid groups (broad SMARTS) is 1.